The first-order chi connectivity index (χ1) is 14.6. The Kier molecular flexibility index (Phi) is 8.16. The van der Waals surface area contributed by atoms with Crippen LogP contribution < -0.4 is 20.3 Å². The van der Waals surface area contributed by atoms with E-state index in [2.05, 4.69) is 10.6 Å². The van der Waals surface area contributed by atoms with Crippen LogP contribution in [0.15, 0.2) is 53.4 Å². The average Bonchev–Trinajstić information content (AvgIpc) is 2.81. The van der Waals surface area contributed by atoms with E-state index in [-0.39, 0.29) is 18.4 Å². The molecule has 2 aromatic carbocycles. The molecular formula is C23H29N3O3S. The van der Waals surface area contributed by atoms with Crippen LogP contribution in [0.4, 0.5) is 5.69 Å². The predicted octanol–water partition coefficient (Wildman–Crippen LogP) is 3.18. The lowest BCUT2D eigenvalue weighted by Crippen LogP contribution is -2.43. The Morgan fingerprint density at radius 3 is 2.50 bits per heavy atom. The van der Waals surface area contributed by atoms with Gasteiger partial charge in [-0.15, -0.1) is 11.8 Å². The highest BCUT2D eigenvalue weighted by Gasteiger charge is 2.23. The third kappa shape index (κ3) is 5.77. The molecule has 0 spiro atoms. The summed E-state index contributed by atoms with van der Waals surface area (Å²) >= 11 is 1.55. The fourth-order valence-corrected chi connectivity index (χ4v) is 4.15. The Labute approximate surface area is 182 Å². The minimum absolute atomic E-state index is 0.0204. The largest absolute Gasteiger partial charge is 0.497 e. The number of thioether (sulfide) groups is 1. The van der Waals surface area contributed by atoms with Crippen LogP contribution in [-0.2, 0) is 4.79 Å². The highest BCUT2D eigenvalue weighted by Crippen LogP contribution is 2.29. The number of hydrogen-bond acceptors (Lipinski definition) is 5. The van der Waals surface area contributed by atoms with E-state index in [0.717, 1.165) is 36.5 Å². The standard InChI is InChI=1S/C23H29N3O3S/c1-29-19-9-7-18(8-10-19)23(28)26(20-5-3-4-6-21(20)30-2)16-22(27)25-15-17-11-13-24-14-12-17/h3-10,17,24H,11-16H2,1-2H3,(H,25,27). The number of methoxy groups -OCH3 is 1. The van der Waals surface area contributed by atoms with Crippen molar-refractivity contribution in [2.75, 3.05) is 44.4 Å². The van der Waals surface area contributed by atoms with Crippen molar-refractivity contribution in [2.24, 2.45) is 5.92 Å². The van der Waals surface area contributed by atoms with Gasteiger partial charge in [0.15, 0.2) is 0 Å². The molecule has 0 aliphatic carbocycles. The Bertz CT molecular complexity index is 851. The number of anilines is 1. The van der Waals surface area contributed by atoms with Crippen LogP contribution in [0.5, 0.6) is 5.75 Å². The SMILES string of the molecule is COc1ccc(C(=O)N(CC(=O)NCC2CCNCC2)c2ccccc2SC)cc1. The van der Waals surface area contributed by atoms with Gasteiger partial charge < -0.3 is 15.4 Å². The van der Waals surface area contributed by atoms with Gasteiger partial charge in [-0.3, -0.25) is 14.5 Å². The zero-order valence-electron chi connectivity index (χ0n) is 17.5. The lowest BCUT2D eigenvalue weighted by molar-refractivity contribution is -0.119. The van der Waals surface area contributed by atoms with E-state index in [1.165, 1.54) is 0 Å². The molecular weight excluding hydrogens is 398 g/mol. The summed E-state index contributed by atoms with van der Waals surface area (Å²) in [5.74, 6) is 0.809. The van der Waals surface area contributed by atoms with Gasteiger partial charge in [0.2, 0.25) is 5.91 Å². The number of rotatable bonds is 8. The number of benzene rings is 2. The molecule has 1 heterocycles. The van der Waals surface area contributed by atoms with E-state index in [1.807, 2.05) is 30.5 Å². The lowest BCUT2D eigenvalue weighted by atomic mass is 9.98. The van der Waals surface area contributed by atoms with Crippen molar-refractivity contribution in [1.82, 2.24) is 10.6 Å². The normalized spacial score (nSPS) is 14.2. The number of nitrogens with one attached hydrogen (secondary N) is 2. The molecule has 6 nitrogen and oxygen atoms in total. The molecule has 1 fully saturated rings. The third-order valence-corrected chi connectivity index (χ3v) is 6.09. The molecule has 160 valence electrons. The van der Waals surface area contributed by atoms with E-state index in [4.69, 9.17) is 4.74 Å². The van der Waals surface area contributed by atoms with Gasteiger partial charge in [0.05, 0.1) is 12.8 Å². The van der Waals surface area contributed by atoms with Gasteiger partial charge in [0.1, 0.15) is 12.3 Å². The van der Waals surface area contributed by atoms with Crippen LogP contribution in [0, 0.1) is 5.92 Å². The molecule has 2 amide bonds. The molecule has 0 unspecified atom stereocenters. The van der Waals surface area contributed by atoms with Crippen LogP contribution in [0.2, 0.25) is 0 Å². The second-order valence-corrected chi connectivity index (χ2v) is 8.14. The van der Waals surface area contributed by atoms with Gasteiger partial charge in [-0.25, -0.2) is 0 Å². The lowest BCUT2D eigenvalue weighted by Gasteiger charge is -2.26. The van der Waals surface area contributed by atoms with Crippen LogP contribution in [-0.4, -0.2) is 51.4 Å². The number of carbonyl (C=O) groups excluding carboxylic acids is 2. The summed E-state index contributed by atoms with van der Waals surface area (Å²) in [6.45, 7) is 2.61. The maximum Gasteiger partial charge on any atom is 0.258 e. The van der Waals surface area contributed by atoms with Crippen LogP contribution >= 0.6 is 11.8 Å². The number of carbonyl (C=O) groups is 2. The van der Waals surface area contributed by atoms with Crippen molar-refractivity contribution in [1.29, 1.82) is 0 Å². The first-order valence-corrected chi connectivity index (χ1v) is 11.4. The second kappa shape index (κ2) is 11.0. The Morgan fingerprint density at radius 1 is 1.13 bits per heavy atom. The first kappa shape index (κ1) is 22.2. The molecule has 2 aromatic rings. The Morgan fingerprint density at radius 2 is 1.83 bits per heavy atom. The molecule has 0 radical (unpaired) electrons. The van der Waals surface area contributed by atoms with E-state index in [0.29, 0.717) is 23.8 Å². The van der Waals surface area contributed by atoms with Crippen molar-refractivity contribution < 1.29 is 14.3 Å². The molecule has 1 aliphatic heterocycles. The summed E-state index contributed by atoms with van der Waals surface area (Å²) < 4.78 is 5.19. The summed E-state index contributed by atoms with van der Waals surface area (Å²) in [7, 11) is 1.59. The number of amides is 2. The number of ether oxygens (including phenoxy) is 1. The van der Waals surface area contributed by atoms with Gasteiger partial charge in [-0.2, -0.15) is 0 Å². The molecule has 0 saturated carbocycles. The minimum atomic E-state index is -0.212. The van der Waals surface area contributed by atoms with Crippen molar-refractivity contribution in [3.63, 3.8) is 0 Å². The molecule has 1 saturated heterocycles. The number of hydrogen-bond donors (Lipinski definition) is 2. The quantitative estimate of drug-likeness (QED) is 0.633. The summed E-state index contributed by atoms with van der Waals surface area (Å²) in [5.41, 5.74) is 1.25. The summed E-state index contributed by atoms with van der Waals surface area (Å²) in [6, 6.07) is 14.6. The average molecular weight is 428 g/mol. The predicted molar refractivity (Wildman–Crippen MR) is 121 cm³/mol. The van der Waals surface area contributed by atoms with Crippen molar-refractivity contribution in [2.45, 2.75) is 17.7 Å². The molecule has 2 N–H and O–H groups in total. The van der Waals surface area contributed by atoms with Gasteiger partial charge in [0.25, 0.3) is 5.91 Å². The molecule has 30 heavy (non-hydrogen) atoms. The summed E-state index contributed by atoms with van der Waals surface area (Å²) in [6.07, 6.45) is 4.08. The number of nitrogens with zero attached hydrogens (tertiary/aromatic N) is 1. The van der Waals surface area contributed by atoms with Crippen molar-refractivity contribution >= 4 is 29.3 Å². The first-order valence-electron chi connectivity index (χ1n) is 10.2. The van der Waals surface area contributed by atoms with Gasteiger partial charge in [-0.05, 0) is 74.5 Å². The van der Waals surface area contributed by atoms with E-state index in [9.17, 15) is 9.59 Å². The van der Waals surface area contributed by atoms with Crippen molar-refractivity contribution in [3.8, 4) is 5.75 Å². The Hall–Kier alpha value is -2.51. The monoisotopic (exact) mass is 427 g/mol. The molecule has 3 rings (SSSR count). The van der Waals surface area contributed by atoms with E-state index in [1.54, 1.807) is 48.0 Å². The molecule has 0 bridgehead atoms. The topological polar surface area (TPSA) is 70.7 Å². The smallest absolute Gasteiger partial charge is 0.258 e. The van der Waals surface area contributed by atoms with Crippen LogP contribution in [0.25, 0.3) is 0 Å². The maximum atomic E-state index is 13.3. The van der Waals surface area contributed by atoms with Gasteiger partial charge in [-0.1, -0.05) is 12.1 Å². The fraction of sp³-hybridized carbons (Fsp3) is 0.391. The Balaban J connectivity index is 1.78. The van der Waals surface area contributed by atoms with E-state index < -0.39 is 0 Å². The zero-order chi connectivity index (χ0) is 21.3. The van der Waals surface area contributed by atoms with Crippen molar-refractivity contribution in [3.05, 3.63) is 54.1 Å². The van der Waals surface area contributed by atoms with Gasteiger partial charge in [0, 0.05) is 17.0 Å². The molecule has 0 atom stereocenters. The molecule has 7 heteroatoms. The zero-order valence-corrected chi connectivity index (χ0v) is 18.3. The fourth-order valence-electron chi connectivity index (χ4n) is 3.55. The van der Waals surface area contributed by atoms with Crippen LogP contribution in [0.1, 0.15) is 23.2 Å². The summed E-state index contributed by atoms with van der Waals surface area (Å²) in [4.78, 5) is 28.6. The number of piperidine rings is 1. The molecule has 0 aromatic heterocycles. The van der Waals surface area contributed by atoms with Crippen LogP contribution in [0.3, 0.4) is 0 Å². The number of para-hydroxylation sites is 1. The maximum absolute atomic E-state index is 13.3. The highest BCUT2D eigenvalue weighted by atomic mass is 32.2. The highest BCUT2D eigenvalue weighted by molar-refractivity contribution is 7.98. The van der Waals surface area contributed by atoms with E-state index >= 15 is 0 Å². The summed E-state index contributed by atoms with van der Waals surface area (Å²) in [5, 5.41) is 6.36. The third-order valence-electron chi connectivity index (χ3n) is 5.31. The second-order valence-electron chi connectivity index (χ2n) is 7.29. The van der Waals surface area contributed by atoms with Gasteiger partial charge >= 0.3 is 0 Å². The minimum Gasteiger partial charge on any atom is -0.497 e. The molecule has 1 aliphatic rings.